The third-order valence-electron chi connectivity index (χ3n) is 6.28. The fourth-order valence-corrected chi connectivity index (χ4v) is 4.54. The van der Waals surface area contributed by atoms with Crippen LogP contribution >= 0.6 is 0 Å². The van der Waals surface area contributed by atoms with Crippen molar-refractivity contribution in [3.8, 4) is 11.5 Å². The van der Waals surface area contributed by atoms with Crippen molar-refractivity contribution in [2.45, 2.75) is 45.6 Å². The molecule has 0 aliphatic carbocycles. The minimum atomic E-state index is -0.113. The number of likely N-dealkylation sites (tertiary alicyclic amines) is 1. The van der Waals surface area contributed by atoms with Crippen molar-refractivity contribution in [3.63, 3.8) is 0 Å². The molecule has 0 atom stereocenters. The van der Waals surface area contributed by atoms with Crippen LogP contribution in [0.15, 0.2) is 42.1 Å². The van der Waals surface area contributed by atoms with Gasteiger partial charge in [-0.3, -0.25) is 9.69 Å². The summed E-state index contributed by atoms with van der Waals surface area (Å²) in [5, 5.41) is 6.44. The number of anilines is 2. The summed E-state index contributed by atoms with van der Waals surface area (Å²) >= 11 is 0. The lowest BCUT2D eigenvalue weighted by atomic mass is 10.0. The minimum Gasteiger partial charge on any atom is -0.493 e. The van der Waals surface area contributed by atoms with Gasteiger partial charge in [-0.1, -0.05) is 31.9 Å². The number of methoxy groups -OCH3 is 2. The second-order valence-corrected chi connectivity index (χ2v) is 8.43. The minimum absolute atomic E-state index is 0.113. The van der Waals surface area contributed by atoms with Crippen LogP contribution < -0.4 is 20.1 Å². The number of nitrogens with zero attached hydrogens (tertiary/aromatic N) is 1. The molecule has 2 aliphatic rings. The maximum Gasteiger partial charge on any atom is 0.258 e. The number of fused-ring (bicyclic) bond motifs is 1. The first-order valence-electron chi connectivity index (χ1n) is 11.5. The molecule has 0 bridgehead atoms. The number of amides is 1. The van der Waals surface area contributed by atoms with E-state index in [1.165, 1.54) is 44.3 Å². The fourth-order valence-electron chi connectivity index (χ4n) is 4.54. The van der Waals surface area contributed by atoms with E-state index in [0.717, 1.165) is 29.2 Å². The highest BCUT2D eigenvalue weighted by molar-refractivity contribution is 6.32. The molecular formula is C26H33N3O3. The van der Waals surface area contributed by atoms with Crippen LogP contribution in [-0.2, 0) is 11.3 Å². The number of nitrogens with one attached hydrogen (secondary N) is 2. The van der Waals surface area contributed by atoms with Crippen molar-refractivity contribution < 1.29 is 14.3 Å². The number of benzene rings is 2. The molecular weight excluding hydrogens is 402 g/mol. The van der Waals surface area contributed by atoms with E-state index in [1.807, 2.05) is 12.1 Å². The molecule has 32 heavy (non-hydrogen) atoms. The second-order valence-electron chi connectivity index (χ2n) is 8.43. The van der Waals surface area contributed by atoms with Crippen LogP contribution in [0.3, 0.4) is 0 Å². The van der Waals surface area contributed by atoms with Crippen molar-refractivity contribution >= 4 is 22.9 Å². The van der Waals surface area contributed by atoms with Gasteiger partial charge in [0.25, 0.3) is 5.91 Å². The predicted molar refractivity (Wildman–Crippen MR) is 129 cm³/mol. The monoisotopic (exact) mass is 435 g/mol. The summed E-state index contributed by atoms with van der Waals surface area (Å²) in [6.07, 6.45) is 6.00. The summed E-state index contributed by atoms with van der Waals surface area (Å²) in [4.78, 5) is 15.4. The van der Waals surface area contributed by atoms with Gasteiger partial charge in [0.15, 0.2) is 11.5 Å². The SMILES string of the molecule is CC/C(Nc1ccc(CN2CCCCCC2)cc1)=C1/C(=O)Nc2cc(OC)c(OC)cc21. The van der Waals surface area contributed by atoms with Gasteiger partial charge in [0.05, 0.1) is 25.5 Å². The van der Waals surface area contributed by atoms with Gasteiger partial charge in [0, 0.05) is 29.6 Å². The lowest BCUT2D eigenvalue weighted by Crippen LogP contribution is -2.23. The Balaban J connectivity index is 1.55. The molecule has 0 radical (unpaired) electrons. The topological polar surface area (TPSA) is 62.8 Å². The van der Waals surface area contributed by atoms with Gasteiger partial charge < -0.3 is 20.1 Å². The Morgan fingerprint density at radius 1 is 1.00 bits per heavy atom. The van der Waals surface area contributed by atoms with Gasteiger partial charge in [-0.15, -0.1) is 0 Å². The summed E-state index contributed by atoms with van der Waals surface area (Å²) < 4.78 is 10.8. The van der Waals surface area contributed by atoms with Crippen LogP contribution in [0.1, 0.15) is 50.2 Å². The molecule has 0 unspecified atom stereocenters. The lowest BCUT2D eigenvalue weighted by molar-refractivity contribution is -0.110. The summed E-state index contributed by atoms with van der Waals surface area (Å²) in [6, 6.07) is 12.2. The van der Waals surface area contributed by atoms with Crippen LogP contribution in [0.2, 0.25) is 0 Å². The maximum atomic E-state index is 12.8. The Morgan fingerprint density at radius 2 is 1.66 bits per heavy atom. The number of carbonyl (C=O) groups excluding carboxylic acids is 1. The van der Waals surface area contributed by atoms with E-state index in [1.54, 1.807) is 14.2 Å². The van der Waals surface area contributed by atoms with E-state index in [0.29, 0.717) is 23.5 Å². The van der Waals surface area contributed by atoms with Gasteiger partial charge >= 0.3 is 0 Å². The van der Waals surface area contributed by atoms with Crippen LogP contribution in [0.25, 0.3) is 5.57 Å². The molecule has 0 aromatic heterocycles. The van der Waals surface area contributed by atoms with Crippen molar-refractivity contribution in [3.05, 3.63) is 53.2 Å². The van der Waals surface area contributed by atoms with Gasteiger partial charge in [-0.2, -0.15) is 0 Å². The average molecular weight is 436 g/mol. The molecule has 170 valence electrons. The zero-order valence-corrected chi connectivity index (χ0v) is 19.3. The number of allylic oxidation sites excluding steroid dienone is 1. The fraction of sp³-hybridized carbons (Fsp3) is 0.423. The molecule has 2 heterocycles. The summed E-state index contributed by atoms with van der Waals surface area (Å²) in [7, 11) is 3.19. The summed E-state index contributed by atoms with van der Waals surface area (Å²) in [6.45, 7) is 5.43. The van der Waals surface area contributed by atoms with E-state index in [2.05, 4.69) is 46.7 Å². The normalized spacial score (nSPS) is 17.9. The van der Waals surface area contributed by atoms with E-state index >= 15 is 0 Å². The first-order valence-corrected chi connectivity index (χ1v) is 11.5. The van der Waals surface area contributed by atoms with E-state index in [-0.39, 0.29) is 5.91 Å². The third kappa shape index (κ3) is 4.75. The highest BCUT2D eigenvalue weighted by Crippen LogP contribution is 2.42. The number of rotatable bonds is 7. The highest BCUT2D eigenvalue weighted by Gasteiger charge is 2.29. The van der Waals surface area contributed by atoms with Gasteiger partial charge in [-0.25, -0.2) is 0 Å². The Hall–Kier alpha value is -2.99. The molecule has 0 spiro atoms. The number of ether oxygens (including phenoxy) is 2. The molecule has 1 saturated heterocycles. The third-order valence-corrected chi connectivity index (χ3v) is 6.28. The average Bonchev–Trinajstić information content (AvgIpc) is 2.95. The smallest absolute Gasteiger partial charge is 0.258 e. The van der Waals surface area contributed by atoms with Crippen molar-refractivity contribution in [1.82, 2.24) is 4.90 Å². The zero-order chi connectivity index (χ0) is 22.5. The Labute approximate surface area is 190 Å². The van der Waals surface area contributed by atoms with Crippen LogP contribution in [0.4, 0.5) is 11.4 Å². The molecule has 6 nitrogen and oxygen atoms in total. The molecule has 0 saturated carbocycles. The largest absolute Gasteiger partial charge is 0.493 e. The van der Waals surface area contributed by atoms with E-state index in [9.17, 15) is 4.79 Å². The molecule has 2 aromatic rings. The van der Waals surface area contributed by atoms with Gasteiger partial charge in [0.2, 0.25) is 0 Å². The molecule has 2 aromatic carbocycles. The Bertz CT molecular complexity index is 990. The Kier molecular flexibility index (Phi) is 7.00. The second kappa shape index (κ2) is 10.1. The molecule has 4 rings (SSSR count). The van der Waals surface area contributed by atoms with Crippen LogP contribution in [-0.4, -0.2) is 38.1 Å². The van der Waals surface area contributed by atoms with Crippen molar-refractivity contribution in [2.24, 2.45) is 0 Å². The van der Waals surface area contributed by atoms with E-state index in [4.69, 9.17) is 9.47 Å². The number of hydrogen-bond donors (Lipinski definition) is 2. The quantitative estimate of drug-likeness (QED) is 0.581. The molecule has 1 amide bonds. The molecule has 6 heteroatoms. The van der Waals surface area contributed by atoms with Gasteiger partial charge in [0.1, 0.15) is 0 Å². The first kappa shape index (κ1) is 22.2. The van der Waals surface area contributed by atoms with Crippen LogP contribution in [0.5, 0.6) is 11.5 Å². The van der Waals surface area contributed by atoms with Crippen LogP contribution in [0, 0.1) is 0 Å². The number of hydrogen-bond acceptors (Lipinski definition) is 5. The maximum absolute atomic E-state index is 12.8. The Morgan fingerprint density at radius 3 is 2.28 bits per heavy atom. The summed E-state index contributed by atoms with van der Waals surface area (Å²) in [5.74, 6) is 1.09. The lowest BCUT2D eigenvalue weighted by Gasteiger charge is -2.20. The standard InChI is InChI=1S/C26H33N3O3/c1-4-21(25-20-15-23(31-2)24(32-3)16-22(20)28-26(25)30)27-19-11-9-18(10-12-19)17-29-13-7-5-6-8-14-29/h9-12,15-16,27H,4-8,13-14,17H2,1-3H3,(H,28,30)/b25-21-. The molecule has 2 aliphatic heterocycles. The zero-order valence-electron chi connectivity index (χ0n) is 19.3. The predicted octanol–water partition coefficient (Wildman–Crippen LogP) is 5.27. The van der Waals surface area contributed by atoms with E-state index < -0.39 is 0 Å². The summed E-state index contributed by atoms with van der Waals surface area (Å²) in [5.41, 5.74) is 5.41. The molecule has 2 N–H and O–H groups in total. The molecule has 1 fully saturated rings. The van der Waals surface area contributed by atoms with Crippen molar-refractivity contribution in [1.29, 1.82) is 0 Å². The highest BCUT2D eigenvalue weighted by atomic mass is 16.5. The first-order chi connectivity index (χ1) is 15.6. The number of carbonyl (C=O) groups is 1. The van der Waals surface area contributed by atoms with Crippen molar-refractivity contribution in [2.75, 3.05) is 37.9 Å². The van der Waals surface area contributed by atoms with Gasteiger partial charge in [-0.05, 0) is 56.1 Å².